The molecular formula is C18H28N2O3S. The predicted molar refractivity (Wildman–Crippen MR) is 98.1 cm³/mol. The zero-order valence-electron chi connectivity index (χ0n) is 14.8. The van der Waals surface area contributed by atoms with Crippen LogP contribution in [0, 0.1) is 11.8 Å². The fraction of sp³-hybridized carbons (Fsp3) is 0.611. The maximum absolute atomic E-state index is 12.9. The summed E-state index contributed by atoms with van der Waals surface area (Å²) in [5.74, 6) is 1.25. The number of nitrogens with one attached hydrogen (secondary N) is 1. The Morgan fingerprint density at radius 3 is 2.46 bits per heavy atom. The van der Waals surface area contributed by atoms with Crippen molar-refractivity contribution in [1.29, 1.82) is 0 Å². The third-order valence-electron chi connectivity index (χ3n) is 4.32. The molecule has 134 valence electrons. The van der Waals surface area contributed by atoms with Crippen LogP contribution in [0.4, 0.5) is 5.69 Å². The number of carbonyl (C=O) groups is 1. The van der Waals surface area contributed by atoms with Crippen LogP contribution in [-0.4, -0.2) is 50.9 Å². The Kier molecular flexibility index (Phi) is 6.27. The maximum atomic E-state index is 12.9. The van der Waals surface area contributed by atoms with Gasteiger partial charge in [0.25, 0.3) is 5.91 Å². The average Bonchev–Trinajstić information content (AvgIpc) is 2.49. The molecule has 1 aromatic rings. The third-order valence-corrected chi connectivity index (χ3v) is 5.35. The molecule has 1 saturated heterocycles. The van der Waals surface area contributed by atoms with Gasteiger partial charge in [0.1, 0.15) is 9.84 Å². The highest BCUT2D eigenvalue weighted by Gasteiger charge is 2.27. The van der Waals surface area contributed by atoms with E-state index >= 15 is 0 Å². The molecule has 0 aromatic heterocycles. The van der Waals surface area contributed by atoms with Gasteiger partial charge in [0, 0.05) is 31.6 Å². The molecule has 1 N–H and O–H groups in total. The number of benzene rings is 1. The molecule has 1 heterocycles. The van der Waals surface area contributed by atoms with E-state index in [9.17, 15) is 13.2 Å². The Morgan fingerprint density at radius 1 is 1.21 bits per heavy atom. The van der Waals surface area contributed by atoms with Crippen molar-refractivity contribution in [2.75, 3.05) is 37.0 Å². The van der Waals surface area contributed by atoms with Crippen LogP contribution < -0.4 is 5.32 Å². The number of piperidine rings is 1. The molecule has 2 unspecified atom stereocenters. The van der Waals surface area contributed by atoms with Gasteiger partial charge in [-0.3, -0.25) is 4.79 Å². The number of hydrogen-bond acceptors (Lipinski definition) is 4. The SMILES string of the molecule is CC1CC(C)CN(C(=O)c2ccccc2NCCCS(C)(=O)=O)C1. The average molecular weight is 353 g/mol. The number of nitrogens with zero attached hydrogens (tertiary/aromatic N) is 1. The Morgan fingerprint density at radius 2 is 1.83 bits per heavy atom. The molecule has 1 fully saturated rings. The van der Waals surface area contributed by atoms with Gasteiger partial charge in [0.05, 0.1) is 11.3 Å². The van der Waals surface area contributed by atoms with Crippen LogP contribution in [0.5, 0.6) is 0 Å². The first-order valence-electron chi connectivity index (χ1n) is 8.56. The molecule has 1 aliphatic rings. The van der Waals surface area contributed by atoms with Gasteiger partial charge in [0.15, 0.2) is 0 Å². The Balaban J connectivity index is 2.03. The summed E-state index contributed by atoms with van der Waals surface area (Å²) in [5, 5.41) is 3.22. The minimum Gasteiger partial charge on any atom is -0.384 e. The smallest absolute Gasteiger partial charge is 0.255 e. The van der Waals surface area contributed by atoms with Crippen LogP contribution in [0.1, 0.15) is 37.0 Å². The first-order chi connectivity index (χ1) is 11.3. The van der Waals surface area contributed by atoms with Crippen molar-refractivity contribution < 1.29 is 13.2 Å². The standard InChI is InChI=1S/C18H28N2O3S/c1-14-11-15(2)13-20(12-14)18(21)16-7-4-5-8-17(16)19-9-6-10-24(3,22)23/h4-5,7-8,14-15,19H,6,9-13H2,1-3H3. The number of rotatable bonds is 6. The maximum Gasteiger partial charge on any atom is 0.255 e. The summed E-state index contributed by atoms with van der Waals surface area (Å²) in [7, 11) is -2.95. The van der Waals surface area contributed by atoms with E-state index in [0.717, 1.165) is 25.2 Å². The summed E-state index contributed by atoms with van der Waals surface area (Å²) < 4.78 is 22.4. The lowest BCUT2D eigenvalue weighted by Crippen LogP contribution is -2.42. The summed E-state index contributed by atoms with van der Waals surface area (Å²) in [4.78, 5) is 14.8. The van der Waals surface area contributed by atoms with Crippen molar-refractivity contribution in [3.63, 3.8) is 0 Å². The zero-order chi connectivity index (χ0) is 17.7. The highest BCUT2D eigenvalue weighted by molar-refractivity contribution is 7.90. The molecule has 2 rings (SSSR count). The second-order valence-electron chi connectivity index (χ2n) is 7.11. The highest BCUT2D eigenvalue weighted by atomic mass is 32.2. The van der Waals surface area contributed by atoms with Crippen LogP contribution in [0.15, 0.2) is 24.3 Å². The lowest BCUT2D eigenvalue weighted by molar-refractivity contribution is 0.0624. The normalized spacial score (nSPS) is 21.5. The first kappa shape index (κ1) is 18.8. The minimum absolute atomic E-state index is 0.0552. The molecule has 0 aliphatic carbocycles. The highest BCUT2D eigenvalue weighted by Crippen LogP contribution is 2.24. The van der Waals surface area contributed by atoms with Crippen molar-refractivity contribution >= 4 is 21.4 Å². The van der Waals surface area contributed by atoms with Gasteiger partial charge in [-0.25, -0.2) is 8.42 Å². The van der Waals surface area contributed by atoms with E-state index in [2.05, 4.69) is 19.2 Å². The zero-order valence-corrected chi connectivity index (χ0v) is 15.6. The van der Waals surface area contributed by atoms with Gasteiger partial charge >= 0.3 is 0 Å². The van der Waals surface area contributed by atoms with E-state index in [0.29, 0.717) is 30.4 Å². The number of likely N-dealkylation sites (tertiary alicyclic amines) is 1. The van der Waals surface area contributed by atoms with Gasteiger partial charge in [-0.2, -0.15) is 0 Å². The van der Waals surface area contributed by atoms with E-state index in [1.165, 1.54) is 6.26 Å². The molecule has 1 aromatic carbocycles. The summed E-state index contributed by atoms with van der Waals surface area (Å²) in [5.41, 5.74) is 1.44. The molecular weight excluding hydrogens is 324 g/mol. The van der Waals surface area contributed by atoms with Crippen LogP contribution in [0.25, 0.3) is 0 Å². The Hall–Kier alpha value is -1.56. The fourth-order valence-corrected chi connectivity index (χ4v) is 4.05. The van der Waals surface area contributed by atoms with Gasteiger partial charge in [-0.1, -0.05) is 26.0 Å². The number of para-hydroxylation sites is 1. The minimum atomic E-state index is -2.95. The molecule has 5 nitrogen and oxygen atoms in total. The molecule has 0 bridgehead atoms. The van der Waals surface area contributed by atoms with Crippen molar-refractivity contribution in [3.8, 4) is 0 Å². The Bertz CT molecular complexity index is 663. The fourth-order valence-electron chi connectivity index (χ4n) is 3.38. The quantitative estimate of drug-likeness (QED) is 0.799. The molecule has 2 atom stereocenters. The van der Waals surface area contributed by atoms with Gasteiger partial charge in [-0.15, -0.1) is 0 Å². The molecule has 1 aliphatic heterocycles. The van der Waals surface area contributed by atoms with Crippen molar-refractivity contribution in [2.45, 2.75) is 26.7 Å². The van der Waals surface area contributed by atoms with E-state index in [1.54, 1.807) is 0 Å². The number of carbonyl (C=O) groups excluding carboxylic acids is 1. The third kappa shape index (κ3) is 5.51. The van der Waals surface area contributed by atoms with Gasteiger partial charge < -0.3 is 10.2 Å². The molecule has 0 radical (unpaired) electrons. The summed E-state index contributed by atoms with van der Waals surface area (Å²) in [6, 6.07) is 7.47. The first-order valence-corrected chi connectivity index (χ1v) is 10.6. The topological polar surface area (TPSA) is 66.5 Å². The second kappa shape index (κ2) is 8.01. The van der Waals surface area contributed by atoms with Crippen molar-refractivity contribution in [3.05, 3.63) is 29.8 Å². The molecule has 24 heavy (non-hydrogen) atoms. The summed E-state index contributed by atoms with van der Waals surface area (Å²) in [6.07, 6.45) is 2.93. The lowest BCUT2D eigenvalue weighted by atomic mass is 9.91. The number of anilines is 1. The van der Waals surface area contributed by atoms with Gasteiger partial charge in [-0.05, 0) is 36.8 Å². The van der Waals surface area contributed by atoms with Crippen molar-refractivity contribution in [1.82, 2.24) is 4.90 Å². The monoisotopic (exact) mass is 352 g/mol. The predicted octanol–water partition coefficient (Wildman–Crippen LogP) is 2.65. The van der Waals surface area contributed by atoms with Crippen molar-refractivity contribution in [2.24, 2.45) is 11.8 Å². The van der Waals surface area contributed by atoms with Crippen LogP contribution in [0.2, 0.25) is 0 Å². The van der Waals surface area contributed by atoms with Crippen LogP contribution >= 0.6 is 0 Å². The van der Waals surface area contributed by atoms with Crippen LogP contribution in [-0.2, 0) is 9.84 Å². The molecule has 0 spiro atoms. The van der Waals surface area contributed by atoms with Crippen LogP contribution in [0.3, 0.4) is 0 Å². The van der Waals surface area contributed by atoms with E-state index < -0.39 is 9.84 Å². The summed E-state index contributed by atoms with van der Waals surface area (Å²) in [6.45, 7) is 6.50. The van der Waals surface area contributed by atoms with E-state index in [1.807, 2.05) is 29.2 Å². The molecule has 6 heteroatoms. The number of sulfone groups is 1. The molecule has 1 amide bonds. The lowest BCUT2D eigenvalue weighted by Gasteiger charge is -2.35. The Labute approximate surface area is 145 Å². The van der Waals surface area contributed by atoms with E-state index in [4.69, 9.17) is 0 Å². The molecule has 0 saturated carbocycles. The van der Waals surface area contributed by atoms with E-state index in [-0.39, 0.29) is 11.7 Å². The second-order valence-corrected chi connectivity index (χ2v) is 9.37. The van der Waals surface area contributed by atoms with Gasteiger partial charge in [0.2, 0.25) is 0 Å². The number of hydrogen-bond donors (Lipinski definition) is 1. The summed E-state index contributed by atoms with van der Waals surface area (Å²) >= 11 is 0. The number of amides is 1. The largest absolute Gasteiger partial charge is 0.384 e.